The van der Waals surface area contributed by atoms with Gasteiger partial charge < -0.3 is 41.0 Å². The normalized spacial score (nSPS) is 13.9. The number of carbonyl (C=O) groups is 2. The molecular formula is C25H34N4O6. The fraction of sp³-hybridized carbons (Fsp3) is 0.440. The Balaban J connectivity index is 1.58. The van der Waals surface area contributed by atoms with Crippen LogP contribution in [0.2, 0.25) is 0 Å². The Bertz CT molecular complexity index is 1070. The van der Waals surface area contributed by atoms with Crippen molar-refractivity contribution in [1.29, 1.82) is 0 Å². The highest BCUT2D eigenvalue weighted by atomic mass is 16.5. The Morgan fingerprint density at radius 3 is 2.54 bits per heavy atom. The Morgan fingerprint density at radius 1 is 1.14 bits per heavy atom. The maximum Gasteiger partial charge on any atom is 0.316 e. The van der Waals surface area contributed by atoms with Crippen LogP contribution in [0, 0.1) is 0 Å². The summed E-state index contributed by atoms with van der Waals surface area (Å²) in [4.78, 5) is 23.1. The first kappa shape index (κ1) is 26.1. The number of aliphatic hydroxyl groups excluding tert-OH is 1. The molecule has 0 saturated heterocycles. The second-order valence-corrected chi connectivity index (χ2v) is 9.10. The van der Waals surface area contributed by atoms with Crippen molar-refractivity contribution in [1.82, 2.24) is 5.32 Å². The van der Waals surface area contributed by atoms with Crippen LogP contribution in [0.25, 0.3) is 0 Å². The van der Waals surface area contributed by atoms with Crippen LogP contribution in [0.1, 0.15) is 31.4 Å². The number of anilines is 2. The molecule has 2 aromatic carbocycles. The van der Waals surface area contributed by atoms with E-state index in [9.17, 15) is 14.7 Å². The molecule has 1 aliphatic rings. The van der Waals surface area contributed by atoms with Crippen molar-refractivity contribution in [3.63, 3.8) is 0 Å². The molecule has 1 heterocycles. The van der Waals surface area contributed by atoms with Gasteiger partial charge in [0.05, 0.1) is 25.6 Å². The molecule has 3 rings (SSSR count). The number of ether oxygens (including phenoxy) is 3. The quantitative estimate of drug-likeness (QED) is 0.328. The zero-order valence-corrected chi connectivity index (χ0v) is 20.6. The van der Waals surface area contributed by atoms with Crippen LogP contribution < -0.4 is 35.9 Å². The van der Waals surface area contributed by atoms with Gasteiger partial charge in [0.1, 0.15) is 18.5 Å². The minimum atomic E-state index is -0.767. The average Bonchev–Trinajstić information content (AvgIpc) is 2.81. The summed E-state index contributed by atoms with van der Waals surface area (Å²) in [5, 5.41) is 19.2. The molecule has 10 nitrogen and oxygen atoms in total. The molecule has 0 saturated carbocycles. The van der Waals surface area contributed by atoms with Crippen molar-refractivity contribution in [2.45, 2.75) is 44.8 Å². The summed E-state index contributed by atoms with van der Waals surface area (Å²) in [7, 11) is 3.21. The fourth-order valence-corrected chi connectivity index (χ4v) is 4.03. The first-order chi connectivity index (χ1) is 16.6. The zero-order chi connectivity index (χ0) is 25.6. The van der Waals surface area contributed by atoms with E-state index in [0.29, 0.717) is 54.4 Å². The highest BCUT2D eigenvalue weighted by Gasteiger charge is 2.24. The molecule has 35 heavy (non-hydrogen) atoms. The number of rotatable bonds is 11. The topological polar surface area (TPSA) is 144 Å². The molecule has 0 spiro atoms. The number of methoxy groups -OCH3 is 2. The molecule has 10 heteroatoms. The summed E-state index contributed by atoms with van der Waals surface area (Å²) >= 11 is 0. The third kappa shape index (κ3) is 7.00. The van der Waals surface area contributed by atoms with Gasteiger partial charge in [-0.25, -0.2) is 4.79 Å². The molecule has 3 amide bonds. The summed E-state index contributed by atoms with van der Waals surface area (Å²) in [5.41, 5.74) is 7.64. The van der Waals surface area contributed by atoms with E-state index < -0.39 is 12.1 Å². The van der Waals surface area contributed by atoms with E-state index >= 15 is 0 Å². The number of nitrogens with one attached hydrogen (secondary N) is 3. The van der Waals surface area contributed by atoms with Gasteiger partial charge in [-0.3, -0.25) is 4.79 Å². The molecule has 190 valence electrons. The molecule has 0 radical (unpaired) electrons. The van der Waals surface area contributed by atoms with Crippen molar-refractivity contribution in [3.05, 3.63) is 41.5 Å². The van der Waals surface area contributed by atoms with E-state index in [1.807, 2.05) is 18.2 Å². The molecule has 1 aliphatic heterocycles. The van der Waals surface area contributed by atoms with E-state index in [2.05, 4.69) is 29.8 Å². The van der Waals surface area contributed by atoms with E-state index in [0.717, 1.165) is 11.1 Å². The van der Waals surface area contributed by atoms with Crippen LogP contribution in [0.5, 0.6) is 17.2 Å². The van der Waals surface area contributed by atoms with Gasteiger partial charge in [0, 0.05) is 24.1 Å². The second-order valence-electron chi connectivity index (χ2n) is 9.10. The number of urea groups is 1. The number of amides is 3. The standard InChI is InChI=1S/C25H34N4O6/c1-25(2,12-15-5-8-20(33-3)21(11-15)34-4)27-13-16(30)14-35-19-9-7-18(28-24(26)32)23-17(19)6-10-22(31)29-23/h5,7-9,11,16,27,30H,6,10,12-14H2,1-4H3,(H,29,31)(H3,26,28,32). The first-order valence-electron chi connectivity index (χ1n) is 11.4. The van der Waals surface area contributed by atoms with Gasteiger partial charge in [0.2, 0.25) is 5.91 Å². The summed E-state index contributed by atoms with van der Waals surface area (Å²) in [6.45, 7) is 4.49. The molecular weight excluding hydrogens is 452 g/mol. The predicted molar refractivity (Wildman–Crippen MR) is 133 cm³/mol. The van der Waals surface area contributed by atoms with Crippen molar-refractivity contribution >= 4 is 23.3 Å². The summed E-state index contributed by atoms with van der Waals surface area (Å²) in [6.07, 6.45) is 0.703. The molecule has 0 bridgehead atoms. The van der Waals surface area contributed by atoms with E-state index in [4.69, 9.17) is 19.9 Å². The molecule has 2 aromatic rings. The molecule has 0 aromatic heterocycles. The van der Waals surface area contributed by atoms with Crippen LogP contribution in [-0.4, -0.2) is 56.1 Å². The van der Waals surface area contributed by atoms with Gasteiger partial charge in [-0.1, -0.05) is 6.07 Å². The Kier molecular flexibility index (Phi) is 8.42. The Hall–Kier alpha value is -3.50. The number of hydrogen-bond acceptors (Lipinski definition) is 7. The lowest BCUT2D eigenvalue weighted by atomic mass is 9.94. The average molecular weight is 487 g/mol. The highest BCUT2D eigenvalue weighted by Crippen LogP contribution is 2.37. The number of nitrogens with two attached hydrogens (primary N) is 1. The number of aliphatic hydroxyl groups is 1. The Labute approximate surface area is 205 Å². The number of carbonyl (C=O) groups excluding carboxylic acids is 2. The lowest BCUT2D eigenvalue weighted by Crippen LogP contribution is -2.46. The van der Waals surface area contributed by atoms with Gasteiger partial charge in [-0.15, -0.1) is 0 Å². The largest absolute Gasteiger partial charge is 0.493 e. The zero-order valence-electron chi connectivity index (χ0n) is 20.6. The van der Waals surface area contributed by atoms with Crippen LogP contribution in [0.3, 0.4) is 0 Å². The van der Waals surface area contributed by atoms with Crippen molar-refractivity contribution in [3.8, 4) is 17.2 Å². The lowest BCUT2D eigenvalue weighted by Gasteiger charge is -2.28. The fourth-order valence-electron chi connectivity index (χ4n) is 4.03. The minimum absolute atomic E-state index is 0.0580. The van der Waals surface area contributed by atoms with Crippen molar-refractivity contribution < 1.29 is 28.9 Å². The number of primary amides is 1. The highest BCUT2D eigenvalue weighted by molar-refractivity contribution is 6.02. The summed E-state index contributed by atoms with van der Waals surface area (Å²) in [5.74, 6) is 1.74. The van der Waals surface area contributed by atoms with Crippen LogP contribution in [0.15, 0.2) is 30.3 Å². The van der Waals surface area contributed by atoms with Crippen LogP contribution in [0.4, 0.5) is 16.2 Å². The second kappa shape index (κ2) is 11.3. The van der Waals surface area contributed by atoms with Crippen molar-refractivity contribution in [2.24, 2.45) is 5.73 Å². The van der Waals surface area contributed by atoms with Gasteiger partial charge >= 0.3 is 6.03 Å². The smallest absolute Gasteiger partial charge is 0.316 e. The van der Waals surface area contributed by atoms with E-state index in [1.165, 1.54) is 0 Å². The maximum absolute atomic E-state index is 11.9. The van der Waals surface area contributed by atoms with Crippen LogP contribution in [-0.2, 0) is 17.6 Å². The van der Waals surface area contributed by atoms with E-state index in [1.54, 1.807) is 26.4 Å². The van der Waals surface area contributed by atoms with Gasteiger partial charge in [-0.2, -0.15) is 0 Å². The monoisotopic (exact) mass is 486 g/mol. The molecule has 0 fully saturated rings. The minimum Gasteiger partial charge on any atom is -0.493 e. The number of hydrogen-bond donors (Lipinski definition) is 5. The third-order valence-corrected chi connectivity index (χ3v) is 5.74. The molecule has 6 N–H and O–H groups in total. The summed E-state index contributed by atoms with van der Waals surface area (Å²) in [6, 6.07) is 8.39. The number of fused-ring (bicyclic) bond motifs is 1. The first-order valence-corrected chi connectivity index (χ1v) is 11.4. The summed E-state index contributed by atoms with van der Waals surface area (Å²) < 4.78 is 16.6. The van der Waals surface area contributed by atoms with E-state index in [-0.39, 0.29) is 18.1 Å². The molecule has 1 atom stereocenters. The SMILES string of the molecule is COc1ccc(CC(C)(C)NCC(O)COc2ccc(NC(N)=O)c3c2CCC(=O)N3)cc1OC. The maximum atomic E-state index is 11.9. The third-order valence-electron chi connectivity index (χ3n) is 5.74. The van der Waals surface area contributed by atoms with Crippen LogP contribution >= 0.6 is 0 Å². The van der Waals surface area contributed by atoms with Gasteiger partial charge in [0.25, 0.3) is 0 Å². The molecule has 0 aliphatic carbocycles. The Morgan fingerprint density at radius 2 is 1.86 bits per heavy atom. The predicted octanol–water partition coefficient (Wildman–Crippen LogP) is 2.43. The number of benzene rings is 2. The van der Waals surface area contributed by atoms with Crippen molar-refractivity contribution in [2.75, 3.05) is 38.0 Å². The van der Waals surface area contributed by atoms with Gasteiger partial charge in [0.15, 0.2) is 11.5 Å². The molecule has 1 unspecified atom stereocenters. The van der Waals surface area contributed by atoms with Gasteiger partial charge in [-0.05, 0) is 56.5 Å². The number of β-amino-alcohol motifs (C(OH)–C–C–N with tert-alkyl or cyclic N) is 1. The lowest BCUT2D eigenvalue weighted by molar-refractivity contribution is -0.116.